The van der Waals surface area contributed by atoms with Crippen LogP contribution in [0.3, 0.4) is 0 Å². The summed E-state index contributed by atoms with van der Waals surface area (Å²) in [5.74, 6) is 1.02. The van der Waals surface area contributed by atoms with Gasteiger partial charge >= 0.3 is 6.18 Å². The van der Waals surface area contributed by atoms with Gasteiger partial charge in [-0.2, -0.15) is 18.4 Å². The number of carbonyl (C=O) groups is 1. The minimum Gasteiger partial charge on any atom is -0.480 e. The maximum absolute atomic E-state index is 13.3. The molecule has 6 nitrogen and oxygen atoms in total. The molecule has 166 valence electrons. The number of terminal acetylenes is 1. The Labute approximate surface area is 183 Å². The summed E-state index contributed by atoms with van der Waals surface area (Å²) < 4.78 is 72.2. The average Bonchev–Trinajstić information content (AvgIpc) is 2.97. The maximum atomic E-state index is 13.3. The second-order valence-corrected chi connectivity index (χ2v) is 9.62. The Morgan fingerprint density at radius 1 is 1.19 bits per heavy atom. The monoisotopic (exact) mass is 462 g/mol. The van der Waals surface area contributed by atoms with E-state index in [0.717, 1.165) is 12.1 Å². The van der Waals surface area contributed by atoms with Gasteiger partial charge in [-0.3, -0.25) is 4.79 Å². The zero-order chi connectivity index (χ0) is 23.9. The maximum Gasteiger partial charge on any atom is 0.417 e. The minimum atomic E-state index is -4.81. The van der Waals surface area contributed by atoms with Crippen LogP contribution in [0.15, 0.2) is 47.4 Å². The Hall–Kier alpha value is -3.50. The largest absolute Gasteiger partial charge is 0.480 e. The average molecular weight is 462 g/mol. The number of rotatable bonds is 4. The topological polar surface area (TPSA) is 87.5 Å². The lowest BCUT2D eigenvalue weighted by Crippen LogP contribution is -2.38. The van der Waals surface area contributed by atoms with Crippen molar-refractivity contribution in [3.8, 4) is 24.2 Å². The van der Waals surface area contributed by atoms with Crippen LogP contribution in [0.5, 0.6) is 5.75 Å². The van der Waals surface area contributed by atoms with Crippen molar-refractivity contribution in [2.24, 2.45) is 5.41 Å². The highest BCUT2D eigenvalue weighted by Crippen LogP contribution is 2.39. The number of benzene rings is 2. The van der Waals surface area contributed by atoms with Crippen LogP contribution in [-0.4, -0.2) is 31.3 Å². The third kappa shape index (κ3) is 4.02. The second kappa shape index (κ2) is 7.88. The molecule has 10 heteroatoms. The van der Waals surface area contributed by atoms with E-state index in [9.17, 15) is 26.4 Å². The van der Waals surface area contributed by atoms with Gasteiger partial charge in [-0.25, -0.2) is 12.7 Å². The standard InChI is InChI=1S/C22H17F3N2O4S/c1-4-14-7-5-6-8-18(14)32(29,30)27-13-21(2,3)19(20(27)28)31-16-10-9-15(12-26)17(11-16)22(23,24)25/h1,5-11,19H,13H2,2-3H3. The Balaban J connectivity index is 1.98. The third-order valence-corrected chi connectivity index (χ3v) is 6.81. The number of hydrogen-bond donors (Lipinski definition) is 0. The smallest absolute Gasteiger partial charge is 0.417 e. The predicted octanol–water partition coefficient (Wildman–Crippen LogP) is 3.56. The quantitative estimate of drug-likeness (QED) is 0.649. The van der Waals surface area contributed by atoms with Gasteiger partial charge in [0.05, 0.1) is 17.2 Å². The Bertz CT molecular complexity index is 1270. The number of hydrogen-bond acceptors (Lipinski definition) is 5. The summed E-state index contributed by atoms with van der Waals surface area (Å²) in [6, 6.07) is 9.84. The molecule has 0 saturated carbocycles. The van der Waals surface area contributed by atoms with Crippen molar-refractivity contribution in [2.75, 3.05) is 6.54 Å². The molecule has 0 aromatic heterocycles. The highest BCUT2D eigenvalue weighted by atomic mass is 32.2. The number of carbonyl (C=O) groups excluding carboxylic acids is 1. The molecule has 2 aromatic rings. The molecule has 1 heterocycles. The summed E-state index contributed by atoms with van der Waals surface area (Å²) in [4.78, 5) is 12.8. The predicted molar refractivity (Wildman–Crippen MR) is 108 cm³/mol. The number of nitrogens with zero attached hydrogens (tertiary/aromatic N) is 2. The van der Waals surface area contributed by atoms with Gasteiger partial charge in [-0.15, -0.1) is 6.42 Å². The van der Waals surface area contributed by atoms with Gasteiger partial charge < -0.3 is 4.74 Å². The molecule has 1 aliphatic heterocycles. The molecule has 0 radical (unpaired) electrons. The number of amides is 1. The molecule has 1 fully saturated rings. The molecule has 1 saturated heterocycles. The summed E-state index contributed by atoms with van der Waals surface area (Å²) in [5, 5.41) is 8.92. The molecular formula is C22H17F3N2O4S. The van der Waals surface area contributed by atoms with Crippen LogP contribution < -0.4 is 4.74 Å². The van der Waals surface area contributed by atoms with Crippen LogP contribution in [0.25, 0.3) is 0 Å². The van der Waals surface area contributed by atoms with Gasteiger partial charge in [0.15, 0.2) is 6.10 Å². The highest BCUT2D eigenvalue weighted by Gasteiger charge is 2.53. The number of halogens is 3. The summed E-state index contributed by atoms with van der Waals surface area (Å²) in [5.41, 5.74) is -2.81. The van der Waals surface area contributed by atoms with E-state index in [0.29, 0.717) is 10.4 Å². The first-order valence-electron chi connectivity index (χ1n) is 9.23. The normalized spacial score (nSPS) is 18.2. The molecular weight excluding hydrogens is 445 g/mol. The molecule has 1 unspecified atom stereocenters. The highest BCUT2D eigenvalue weighted by molar-refractivity contribution is 7.89. The van der Waals surface area contributed by atoms with E-state index in [1.807, 2.05) is 0 Å². The van der Waals surface area contributed by atoms with Crippen molar-refractivity contribution in [2.45, 2.75) is 31.0 Å². The molecule has 0 bridgehead atoms. The number of ether oxygens (including phenoxy) is 1. The molecule has 2 aromatic carbocycles. The molecule has 1 aliphatic rings. The molecule has 0 N–H and O–H groups in total. The second-order valence-electron chi connectivity index (χ2n) is 7.79. The van der Waals surface area contributed by atoms with Gasteiger partial charge in [0.2, 0.25) is 0 Å². The third-order valence-electron chi connectivity index (χ3n) is 5.01. The first-order valence-corrected chi connectivity index (χ1v) is 10.7. The van der Waals surface area contributed by atoms with Crippen molar-refractivity contribution in [1.29, 1.82) is 5.26 Å². The van der Waals surface area contributed by atoms with E-state index in [-0.39, 0.29) is 22.8 Å². The molecule has 0 spiro atoms. The zero-order valence-electron chi connectivity index (χ0n) is 17.0. The van der Waals surface area contributed by atoms with Crippen LogP contribution >= 0.6 is 0 Å². The lowest BCUT2D eigenvalue weighted by Gasteiger charge is -2.24. The van der Waals surface area contributed by atoms with Gasteiger partial charge in [0.1, 0.15) is 10.6 Å². The lowest BCUT2D eigenvalue weighted by molar-refractivity contribution is -0.137. The van der Waals surface area contributed by atoms with E-state index in [1.165, 1.54) is 24.3 Å². The van der Waals surface area contributed by atoms with Crippen LogP contribution in [0.1, 0.15) is 30.5 Å². The van der Waals surface area contributed by atoms with Crippen molar-refractivity contribution >= 4 is 15.9 Å². The number of sulfonamides is 1. The van der Waals surface area contributed by atoms with E-state index in [1.54, 1.807) is 19.9 Å². The van der Waals surface area contributed by atoms with Crippen LogP contribution in [0.4, 0.5) is 13.2 Å². The fourth-order valence-corrected chi connectivity index (χ4v) is 5.13. The van der Waals surface area contributed by atoms with Crippen LogP contribution in [0, 0.1) is 29.1 Å². The summed E-state index contributed by atoms with van der Waals surface area (Å²) in [6.07, 6.45) is -0.818. The summed E-state index contributed by atoms with van der Waals surface area (Å²) in [7, 11) is -4.33. The SMILES string of the molecule is C#Cc1ccccc1S(=O)(=O)N1CC(C)(C)C(Oc2ccc(C#N)c(C(F)(F)F)c2)C1=O. The molecule has 1 atom stereocenters. The minimum absolute atomic E-state index is 0.0735. The van der Waals surface area contributed by atoms with Gasteiger partial charge in [0, 0.05) is 17.5 Å². The van der Waals surface area contributed by atoms with Crippen molar-refractivity contribution in [3.63, 3.8) is 0 Å². The lowest BCUT2D eigenvalue weighted by atomic mass is 9.89. The fraction of sp³-hybridized carbons (Fsp3) is 0.273. The van der Waals surface area contributed by atoms with E-state index in [2.05, 4.69) is 5.92 Å². The van der Waals surface area contributed by atoms with E-state index < -0.39 is 44.8 Å². The fourth-order valence-electron chi connectivity index (χ4n) is 3.40. The number of alkyl halides is 3. The van der Waals surface area contributed by atoms with Crippen molar-refractivity contribution < 1.29 is 31.1 Å². The van der Waals surface area contributed by atoms with Crippen LogP contribution in [0.2, 0.25) is 0 Å². The summed E-state index contributed by atoms with van der Waals surface area (Å²) in [6.45, 7) is 2.86. The van der Waals surface area contributed by atoms with Crippen molar-refractivity contribution in [1.82, 2.24) is 4.31 Å². The van der Waals surface area contributed by atoms with E-state index >= 15 is 0 Å². The Morgan fingerprint density at radius 3 is 2.44 bits per heavy atom. The molecule has 0 aliphatic carbocycles. The molecule has 3 rings (SSSR count). The molecule has 32 heavy (non-hydrogen) atoms. The summed E-state index contributed by atoms with van der Waals surface area (Å²) >= 11 is 0. The first kappa shape index (κ1) is 23.2. The van der Waals surface area contributed by atoms with Gasteiger partial charge in [-0.05, 0) is 30.3 Å². The van der Waals surface area contributed by atoms with Gasteiger partial charge in [0.25, 0.3) is 15.9 Å². The number of nitriles is 1. The Kier molecular flexibility index (Phi) is 5.71. The van der Waals surface area contributed by atoms with Crippen molar-refractivity contribution in [3.05, 3.63) is 59.2 Å². The first-order chi connectivity index (χ1) is 14.8. The van der Waals surface area contributed by atoms with E-state index in [4.69, 9.17) is 16.4 Å². The van der Waals surface area contributed by atoms with Gasteiger partial charge in [-0.1, -0.05) is 31.9 Å². The zero-order valence-corrected chi connectivity index (χ0v) is 17.8. The molecule has 1 amide bonds. The van der Waals surface area contributed by atoms with Crippen LogP contribution in [-0.2, 0) is 21.0 Å². The Morgan fingerprint density at radius 2 is 1.84 bits per heavy atom.